The summed E-state index contributed by atoms with van der Waals surface area (Å²) < 4.78 is 15.6. The standard InChI is InChI=1S/C20H23NO5/c1-4-17(26-15-8-6-5-7-9-15)19(22)21-13-14-10-11-18(24-2)16(12-14)20(23)25-3/h5-12,17H,4,13H2,1-3H3,(H,21,22). The largest absolute Gasteiger partial charge is 0.496 e. The third-order valence-electron chi connectivity index (χ3n) is 3.82. The van der Waals surface area contributed by atoms with Crippen LogP contribution in [0.25, 0.3) is 0 Å². The fourth-order valence-electron chi connectivity index (χ4n) is 2.42. The van der Waals surface area contributed by atoms with Crippen LogP contribution >= 0.6 is 0 Å². The second-order valence-corrected chi connectivity index (χ2v) is 5.57. The predicted molar refractivity (Wildman–Crippen MR) is 97.3 cm³/mol. The highest BCUT2D eigenvalue weighted by atomic mass is 16.5. The maximum absolute atomic E-state index is 12.4. The minimum Gasteiger partial charge on any atom is -0.496 e. The summed E-state index contributed by atoms with van der Waals surface area (Å²) in [4.78, 5) is 24.2. The third-order valence-corrected chi connectivity index (χ3v) is 3.82. The summed E-state index contributed by atoms with van der Waals surface area (Å²) in [7, 11) is 2.79. The van der Waals surface area contributed by atoms with Crippen molar-refractivity contribution in [1.82, 2.24) is 5.32 Å². The number of methoxy groups -OCH3 is 2. The molecular formula is C20H23NO5. The van der Waals surface area contributed by atoms with Crippen LogP contribution in [0.3, 0.4) is 0 Å². The Morgan fingerprint density at radius 2 is 1.81 bits per heavy atom. The van der Waals surface area contributed by atoms with Gasteiger partial charge in [-0.1, -0.05) is 31.2 Å². The topological polar surface area (TPSA) is 73.9 Å². The zero-order valence-corrected chi connectivity index (χ0v) is 15.2. The monoisotopic (exact) mass is 357 g/mol. The van der Waals surface area contributed by atoms with E-state index in [0.29, 0.717) is 23.5 Å². The smallest absolute Gasteiger partial charge is 0.341 e. The normalized spacial score (nSPS) is 11.3. The molecule has 0 heterocycles. The quantitative estimate of drug-likeness (QED) is 0.735. The van der Waals surface area contributed by atoms with Crippen LogP contribution in [-0.4, -0.2) is 32.2 Å². The van der Waals surface area contributed by atoms with Crippen LogP contribution in [0.1, 0.15) is 29.3 Å². The summed E-state index contributed by atoms with van der Waals surface area (Å²) in [5.74, 6) is 0.360. The Morgan fingerprint density at radius 3 is 2.42 bits per heavy atom. The predicted octanol–water partition coefficient (Wildman–Crippen LogP) is 2.96. The highest BCUT2D eigenvalue weighted by Gasteiger charge is 2.19. The molecule has 1 atom stereocenters. The van der Waals surface area contributed by atoms with Crippen molar-refractivity contribution in [3.05, 3.63) is 59.7 Å². The van der Waals surface area contributed by atoms with E-state index in [4.69, 9.17) is 14.2 Å². The number of rotatable bonds is 8. The lowest BCUT2D eigenvalue weighted by Gasteiger charge is -2.17. The second kappa shape index (κ2) is 9.46. The number of ether oxygens (including phenoxy) is 3. The fraction of sp³-hybridized carbons (Fsp3) is 0.300. The molecule has 2 rings (SSSR count). The van der Waals surface area contributed by atoms with Gasteiger partial charge in [0.2, 0.25) is 0 Å². The average molecular weight is 357 g/mol. The van der Waals surface area contributed by atoms with E-state index in [0.717, 1.165) is 5.56 Å². The molecule has 1 N–H and O–H groups in total. The number of benzene rings is 2. The highest BCUT2D eigenvalue weighted by Crippen LogP contribution is 2.21. The van der Waals surface area contributed by atoms with Crippen LogP contribution in [0, 0.1) is 0 Å². The molecule has 6 nitrogen and oxygen atoms in total. The zero-order valence-electron chi connectivity index (χ0n) is 15.2. The first-order valence-corrected chi connectivity index (χ1v) is 8.33. The first-order valence-electron chi connectivity index (χ1n) is 8.33. The summed E-state index contributed by atoms with van der Waals surface area (Å²) in [6.45, 7) is 2.15. The lowest BCUT2D eigenvalue weighted by atomic mass is 10.1. The molecule has 2 aromatic rings. The first-order chi connectivity index (χ1) is 12.6. The number of nitrogens with one attached hydrogen (secondary N) is 1. The van der Waals surface area contributed by atoms with E-state index in [9.17, 15) is 9.59 Å². The van der Waals surface area contributed by atoms with Gasteiger partial charge in [0.15, 0.2) is 6.10 Å². The zero-order chi connectivity index (χ0) is 18.9. The van der Waals surface area contributed by atoms with Crippen molar-refractivity contribution in [2.75, 3.05) is 14.2 Å². The van der Waals surface area contributed by atoms with Gasteiger partial charge >= 0.3 is 5.97 Å². The van der Waals surface area contributed by atoms with Crippen molar-refractivity contribution in [1.29, 1.82) is 0 Å². The Kier molecular flexibility index (Phi) is 7.02. The van der Waals surface area contributed by atoms with Gasteiger partial charge in [-0.25, -0.2) is 4.79 Å². The Hall–Kier alpha value is -3.02. The van der Waals surface area contributed by atoms with Crippen molar-refractivity contribution in [3.63, 3.8) is 0 Å². The van der Waals surface area contributed by atoms with Gasteiger partial charge in [-0.15, -0.1) is 0 Å². The third kappa shape index (κ3) is 4.99. The lowest BCUT2D eigenvalue weighted by molar-refractivity contribution is -0.128. The Bertz CT molecular complexity index is 745. The van der Waals surface area contributed by atoms with Crippen molar-refractivity contribution in [2.45, 2.75) is 26.0 Å². The van der Waals surface area contributed by atoms with Gasteiger partial charge in [-0.2, -0.15) is 0 Å². The summed E-state index contributed by atoms with van der Waals surface area (Å²) in [5, 5.41) is 2.83. The van der Waals surface area contributed by atoms with Crippen molar-refractivity contribution in [3.8, 4) is 11.5 Å². The summed E-state index contributed by atoms with van der Waals surface area (Å²) in [5.41, 5.74) is 1.07. The summed E-state index contributed by atoms with van der Waals surface area (Å²) in [6, 6.07) is 14.3. The van der Waals surface area contributed by atoms with Gasteiger partial charge < -0.3 is 19.5 Å². The lowest BCUT2D eigenvalue weighted by Crippen LogP contribution is -2.37. The van der Waals surface area contributed by atoms with Crippen LogP contribution in [-0.2, 0) is 16.1 Å². The fourth-order valence-corrected chi connectivity index (χ4v) is 2.42. The molecule has 1 unspecified atom stereocenters. The van der Waals surface area contributed by atoms with E-state index < -0.39 is 12.1 Å². The van der Waals surface area contributed by atoms with Gasteiger partial charge in [0.05, 0.1) is 14.2 Å². The molecule has 0 aliphatic heterocycles. The van der Waals surface area contributed by atoms with E-state index in [-0.39, 0.29) is 12.5 Å². The maximum Gasteiger partial charge on any atom is 0.341 e. The van der Waals surface area contributed by atoms with Gasteiger partial charge in [0.1, 0.15) is 17.1 Å². The van der Waals surface area contributed by atoms with Gasteiger partial charge in [-0.3, -0.25) is 4.79 Å². The number of carbonyl (C=O) groups excluding carboxylic acids is 2. The molecular weight excluding hydrogens is 334 g/mol. The molecule has 1 amide bonds. The maximum atomic E-state index is 12.4. The molecule has 6 heteroatoms. The number of carbonyl (C=O) groups is 2. The van der Waals surface area contributed by atoms with Crippen LogP contribution in [0.5, 0.6) is 11.5 Å². The molecule has 0 aliphatic rings. The molecule has 0 aliphatic carbocycles. The van der Waals surface area contributed by atoms with E-state index in [1.165, 1.54) is 14.2 Å². The van der Waals surface area contributed by atoms with E-state index in [1.807, 2.05) is 37.3 Å². The van der Waals surface area contributed by atoms with Crippen LogP contribution in [0.15, 0.2) is 48.5 Å². The Labute approximate surface area is 153 Å². The van der Waals surface area contributed by atoms with Crippen molar-refractivity contribution in [2.24, 2.45) is 0 Å². The van der Waals surface area contributed by atoms with Gasteiger partial charge in [-0.05, 0) is 36.2 Å². The summed E-state index contributed by atoms with van der Waals surface area (Å²) in [6.07, 6.45) is -0.0488. The summed E-state index contributed by atoms with van der Waals surface area (Å²) >= 11 is 0. The Morgan fingerprint density at radius 1 is 1.08 bits per heavy atom. The average Bonchev–Trinajstić information content (AvgIpc) is 2.70. The minimum atomic E-state index is -0.587. The number of hydrogen-bond acceptors (Lipinski definition) is 5. The Balaban J connectivity index is 2.02. The first kappa shape index (κ1) is 19.3. The van der Waals surface area contributed by atoms with Crippen LogP contribution < -0.4 is 14.8 Å². The molecule has 0 saturated carbocycles. The number of esters is 1. The molecule has 0 saturated heterocycles. The molecule has 0 fully saturated rings. The number of amides is 1. The van der Waals surface area contributed by atoms with Crippen LogP contribution in [0.2, 0.25) is 0 Å². The van der Waals surface area contributed by atoms with E-state index >= 15 is 0 Å². The second-order valence-electron chi connectivity index (χ2n) is 5.57. The van der Waals surface area contributed by atoms with Gasteiger partial charge in [0, 0.05) is 6.54 Å². The molecule has 0 radical (unpaired) electrons. The minimum absolute atomic E-state index is 0.216. The number of hydrogen-bond donors (Lipinski definition) is 1. The SMILES string of the molecule is CCC(Oc1ccccc1)C(=O)NCc1ccc(OC)c(C(=O)OC)c1. The van der Waals surface area contributed by atoms with E-state index in [1.54, 1.807) is 18.2 Å². The molecule has 0 spiro atoms. The molecule has 26 heavy (non-hydrogen) atoms. The number of para-hydroxylation sites is 1. The molecule has 138 valence electrons. The van der Waals surface area contributed by atoms with E-state index in [2.05, 4.69) is 5.32 Å². The molecule has 0 bridgehead atoms. The van der Waals surface area contributed by atoms with Gasteiger partial charge in [0.25, 0.3) is 5.91 Å². The molecule has 2 aromatic carbocycles. The van der Waals surface area contributed by atoms with Crippen molar-refractivity contribution < 1.29 is 23.8 Å². The van der Waals surface area contributed by atoms with Crippen molar-refractivity contribution >= 4 is 11.9 Å². The van der Waals surface area contributed by atoms with Crippen LogP contribution in [0.4, 0.5) is 0 Å². The molecule has 0 aromatic heterocycles. The highest BCUT2D eigenvalue weighted by molar-refractivity contribution is 5.92.